The van der Waals surface area contributed by atoms with Gasteiger partial charge in [0.15, 0.2) is 0 Å². The minimum Gasteiger partial charge on any atom is -0.359 e. The molecule has 54 valence electrons. The average molecular weight is 150 g/mol. The Kier molecular flexibility index (Phi) is 4.54. The Balaban J connectivity index is 3.26. The van der Waals surface area contributed by atoms with Crippen LogP contribution in [-0.4, -0.2) is 12.8 Å². The molecule has 1 unspecified atom stereocenters. The lowest BCUT2D eigenvalue weighted by Crippen LogP contribution is -2.25. The number of hydrogen-bond acceptors (Lipinski definition) is 2. The lowest BCUT2D eigenvalue weighted by molar-refractivity contribution is 0.0611. The van der Waals surface area contributed by atoms with Gasteiger partial charge in [-0.25, -0.2) is 0 Å². The van der Waals surface area contributed by atoms with Crippen molar-refractivity contribution in [2.75, 3.05) is 6.61 Å². The van der Waals surface area contributed by atoms with E-state index in [0.29, 0.717) is 11.8 Å². The van der Waals surface area contributed by atoms with Crippen LogP contribution in [0.2, 0.25) is 0 Å². The zero-order chi connectivity index (χ0) is 7.28. The predicted molar refractivity (Wildman–Crippen MR) is 39.2 cm³/mol. The molecule has 0 fully saturated rings. The number of ether oxygens (including phenoxy) is 1. The molecule has 1 N–H and O–H groups in total. The van der Waals surface area contributed by atoms with E-state index in [1.807, 2.05) is 13.8 Å². The molecule has 0 aromatic carbocycles. The fourth-order valence-corrected chi connectivity index (χ4v) is 0.666. The van der Waals surface area contributed by atoms with Gasteiger partial charge >= 0.3 is 0 Å². The largest absolute Gasteiger partial charge is 0.359 e. The maximum atomic E-state index is 5.42. The maximum absolute atomic E-state index is 5.42. The van der Waals surface area contributed by atoms with E-state index in [4.69, 9.17) is 16.3 Å². The molecule has 2 nitrogen and oxygen atoms in total. The van der Waals surface area contributed by atoms with Crippen LogP contribution in [0, 0.1) is 0 Å². The molecule has 0 rings (SSSR count). The number of hydrogen-bond donors (Lipinski definition) is 1. The molecule has 0 saturated heterocycles. The minimum absolute atomic E-state index is 0.0417. The van der Waals surface area contributed by atoms with Crippen LogP contribution in [0.4, 0.5) is 0 Å². The van der Waals surface area contributed by atoms with Gasteiger partial charge in [-0.1, -0.05) is 18.2 Å². The van der Waals surface area contributed by atoms with E-state index in [1.54, 1.807) is 0 Å². The molecule has 0 aliphatic carbocycles. The standard InChI is InChI=1S/C6H12ClNO/c1-4-9-6(3)8-5(2)7/h6,8H,2,4H2,1,3H3. The summed E-state index contributed by atoms with van der Waals surface area (Å²) in [6.07, 6.45) is -0.0417. The molecule has 0 radical (unpaired) electrons. The third kappa shape index (κ3) is 5.66. The number of halogens is 1. The Morgan fingerprint density at radius 2 is 2.44 bits per heavy atom. The zero-order valence-electron chi connectivity index (χ0n) is 5.78. The van der Waals surface area contributed by atoms with E-state index in [1.165, 1.54) is 0 Å². The summed E-state index contributed by atoms with van der Waals surface area (Å²) < 4.78 is 5.10. The molecule has 0 aliphatic heterocycles. The predicted octanol–water partition coefficient (Wildman–Crippen LogP) is 1.67. The second kappa shape index (κ2) is 4.65. The van der Waals surface area contributed by atoms with Crippen LogP contribution in [0.15, 0.2) is 11.7 Å². The second-order valence-corrected chi connectivity index (χ2v) is 2.10. The van der Waals surface area contributed by atoms with E-state index >= 15 is 0 Å². The molecule has 0 spiro atoms. The summed E-state index contributed by atoms with van der Waals surface area (Å²) in [5.74, 6) is 0. The first-order valence-corrected chi connectivity index (χ1v) is 3.27. The topological polar surface area (TPSA) is 21.3 Å². The summed E-state index contributed by atoms with van der Waals surface area (Å²) in [4.78, 5) is 0. The van der Waals surface area contributed by atoms with E-state index in [-0.39, 0.29) is 6.23 Å². The maximum Gasteiger partial charge on any atom is 0.125 e. The molecular formula is C6H12ClNO. The number of nitrogens with one attached hydrogen (secondary N) is 1. The average Bonchev–Trinajstić information content (AvgIpc) is 1.63. The highest BCUT2D eigenvalue weighted by Gasteiger charge is 1.96. The van der Waals surface area contributed by atoms with Crippen molar-refractivity contribution >= 4 is 11.6 Å². The van der Waals surface area contributed by atoms with Gasteiger partial charge in [-0.05, 0) is 13.8 Å². The first-order valence-electron chi connectivity index (χ1n) is 2.89. The highest BCUT2D eigenvalue weighted by Crippen LogP contribution is 1.94. The zero-order valence-corrected chi connectivity index (χ0v) is 6.53. The highest BCUT2D eigenvalue weighted by atomic mass is 35.5. The first kappa shape index (κ1) is 8.79. The SMILES string of the molecule is C=C(Cl)NC(C)OCC. The third-order valence-corrected chi connectivity index (χ3v) is 0.886. The molecule has 0 amide bonds. The summed E-state index contributed by atoms with van der Waals surface area (Å²) in [5.41, 5.74) is 0. The normalized spacial score (nSPS) is 12.8. The van der Waals surface area contributed by atoms with Gasteiger partial charge in [0.25, 0.3) is 0 Å². The second-order valence-electron chi connectivity index (χ2n) is 1.65. The van der Waals surface area contributed by atoms with Crippen LogP contribution in [0.1, 0.15) is 13.8 Å². The van der Waals surface area contributed by atoms with Gasteiger partial charge in [0.2, 0.25) is 0 Å². The Hall–Kier alpha value is -0.210. The molecule has 9 heavy (non-hydrogen) atoms. The van der Waals surface area contributed by atoms with E-state index in [0.717, 1.165) is 0 Å². The van der Waals surface area contributed by atoms with Crippen LogP contribution in [0.25, 0.3) is 0 Å². The van der Waals surface area contributed by atoms with Crippen LogP contribution in [0.3, 0.4) is 0 Å². The van der Waals surface area contributed by atoms with Crippen molar-refractivity contribution < 1.29 is 4.74 Å². The molecule has 1 atom stereocenters. The molecular weight excluding hydrogens is 138 g/mol. The first-order chi connectivity index (χ1) is 4.16. The van der Waals surface area contributed by atoms with Gasteiger partial charge in [-0.3, -0.25) is 0 Å². The fourth-order valence-electron chi connectivity index (χ4n) is 0.512. The van der Waals surface area contributed by atoms with Crippen LogP contribution in [0.5, 0.6) is 0 Å². The van der Waals surface area contributed by atoms with E-state index in [2.05, 4.69) is 11.9 Å². The molecule has 0 aromatic rings. The van der Waals surface area contributed by atoms with E-state index in [9.17, 15) is 0 Å². The minimum atomic E-state index is -0.0417. The van der Waals surface area contributed by atoms with Gasteiger partial charge in [-0.2, -0.15) is 0 Å². The lowest BCUT2D eigenvalue weighted by atomic mass is 10.6. The van der Waals surface area contributed by atoms with Crippen LogP contribution >= 0.6 is 11.6 Å². The quantitative estimate of drug-likeness (QED) is 0.485. The van der Waals surface area contributed by atoms with Crippen molar-refractivity contribution in [2.24, 2.45) is 0 Å². The molecule has 0 heterocycles. The highest BCUT2D eigenvalue weighted by molar-refractivity contribution is 6.28. The van der Waals surface area contributed by atoms with Crippen molar-refractivity contribution in [1.29, 1.82) is 0 Å². The Morgan fingerprint density at radius 1 is 1.89 bits per heavy atom. The summed E-state index contributed by atoms with van der Waals surface area (Å²) in [6, 6.07) is 0. The van der Waals surface area contributed by atoms with Gasteiger partial charge < -0.3 is 10.1 Å². The monoisotopic (exact) mass is 149 g/mol. The van der Waals surface area contributed by atoms with Crippen LogP contribution < -0.4 is 5.32 Å². The van der Waals surface area contributed by atoms with Gasteiger partial charge in [0, 0.05) is 6.61 Å². The fraction of sp³-hybridized carbons (Fsp3) is 0.667. The third-order valence-electron chi connectivity index (χ3n) is 0.777. The van der Waals surface area contributed by atoms with Gasteiger partial charge in [0.1, 0.15) is 6.23 Å². The molecule has 0 aromatic heterocycles. The van der Waals surface area contributed by atoms with Crippen molar-refractivity contribution in [2.45, 2.75) is 20.1 Å². The summed E-state index contributed by atoms with van der Waals surface area (Å²) in [5, 5.41) is 3.21. The Bertz CT molecular complexity index is 95.1. The van der Waals surface area contributed by atoms with Crippen molar-refractivity contribution in [1.82, 2.24) is 5.32 Å². The number of rotatable bonds is 4. The van der Waals surface area contributed by atoms with Gasteiger partial charge in [0.05, 0.1) is 5.16 Å². The van der Waals surface area contributed by atoms with Crippen molar-refractivity contribution in [3.05, 3.63) is 11.7 Å². The van der Waals surface area contributed by atoms with Crippen molar-refractivity contribution in [3.63, 3.8) is 0 Å². The smallest absolute Gasteiger partial charge is 0.125 e. The molecule has 0 aliphatic rings. The summed E-state index contributed by atoms with van der Waals surface area (Å²) >= 11 is 5.42. The molecule has 0 bridgehead atoms. The Labute approximate surface area is 60.8 Å². The van der Waals surface area contributed by atoms with Gasteiger partial charge in [-0.15, -0.1) is 0 Å². The van der Waals surface area contributed by atoms with Crippen LogP contribution in [-0.2, 0) is 4.74 Å². The molecule has 3 heteroatoms. The Morgan fingerprint density at radius 3 is 2.78 bits per heavy atom. The summed E-state index contributed by atoms with van der Waals surface area (Å²) in [7, 11) is 0. The lowest BCUT2D eigenvalue weighted by Gasteiger charge is -2.12. The van der Waals surface area contributed by atoms with E-state index < -0.39 is 0 Å². The molecule has 0 saturated carbocycles. The summed E-state index contributed by atoms with van der Waals surface area (Å²) in [6.45, 7) is 7.93. The van der Waals surface area contributed by atoms with Crippen molar-refractivity contribution in [3.8, 4) is 0 Å².